The quantitative estimate of drug-likeness (QED) is 0.474. The molecule has 3 aromatic rings. The van der Waals surface area contributed by atoms with E-state index in [9.17, 15) is 13.2 Å². The van der Waals surface area contributed by atoms with Crippen molar-refractivity contribution in [2.45, 2.75) is 25.2 Å². The third-order valence-electron chi connectivity index (χ3n) is 5.07. The first kappa shape index (κ1) is 24.1. The average molecular weight is 469 g/mol. The number of methoxy groups -OCH3 is 1. The standard InChI is InChI=1S/C25H28N2O5S/c1-4-19-11-13-21(14-12-19)32-18-25(28)26-23-17-22(15-16-24(23)31-3)33(29,30)27(5-2)20-9-7-6-8-10-20/h6-17H,4-5,18H2,1-3H3,(H,26,28). The molecule has 0 saturated heterocycles. The van der Waals surface area contributed by atoms with Gasteiger partial charge in [-0.1, -0.05) is 37.3 Å². The fourth-order valence-corrected chi connectivity index (χ4v) is 4.82. The number of amides is 1. The van der Waals surface area contributed by atoms with Crippen molar-refractivity contribution < 1.29 is 22.7 Å². The van der Waals surface area contributed by atoms with Crippen molar-refractivity contribution in [2.24, 2.45) is 0 Å². The van der Waals surface area contributed by atoms with Gasteiger partial charge < -0.3 is 14.8 Å². The molecule has 0 heterocycles. The van der Waals surface area contributed by atoms with E-state index < -0.39 is 15.9 Å². The van der Waals surface area contributed by atoms with Crippen LogP contribution in [0.2, 0.25) is 0 Å². The molecule has 0 saturated carbocycles. The van der Waals surface area contributed by atoms with E-state index in [1.54, 1.807) is 31.2 Å². The summed E-state index contributed by atoms with van der Waals surface area (Å²) in [6, 6.07) is 20.7. The van der Waals surface area contributed by atoms with E-state index in [-0.39, 0.29) is 23.7 Å². The molecule has 1 amide bonds. The third-order valence-corrected chi connectivity index (χ3v) is 6.96. The number of carbonyl (C=O) groups is 1. The topological polar surface area (TPSA) is 84.9 Å². The van der Waals surface area contributed by atoms with Crippen LogP contribution in [-0.4, -0.2) is 34.6 Å². The van der Waals surface area contributed by atoms with E-state index in [0.717, 1.165) is 6.42 Å². The second-order valence-electron chi connectivity index (χ2n) is 7.20. The summed E-state index contributed by atoms with van der Waals surface area (Å²) >= 11 is 0. The SMILES string of the molecule is CCc1ccc(OCC(=O)Nc2cc(S(=O)(=O)N(CC)c3ccccc3)ccc2OC)cc1. The Hall–Kier alpha value is -3.52. The lowest BCUT2D eigenvalue weighted by molar-refractivity contribution is -0.118. The van der Waals surface area contributed by atoms with Crippen molar-refractivity contribution >= 4 is 27.3 Å². The highest BCUT2D eigenvalue weighted by Gasteiger charge is 2.25. The second-order valence-corrected chi connectivity index (χ2v) is 9.06. The van der Waals surface area contributed by atoms with Crippen LogP contribution in [0.3, 0.4) is 0 Å². The van der Waals surface area contributed by atoms with Crippen molar-refractivity contribution in [3.05, 3.63) is 78.4 Å². The van der Waals surface area contributed by atoms with Gasteiger partial charge >= 0.3 is 0 Å². The highest BCUT2D eigenvalue weighted by Crippen LogP contribution is 2.30. The lowest BCUT2D eigenvalue weighted by atomic mass is 10.2. The molecule has 0 unspecified atom stereocenters. The summed E-state index contributed by atoms with van der Waals surface area (Å²) < 4.78 is 38.8. The van der Waals surface area contributed by atoms with E-state index in [4.69, 9.17) is 9.47 Å². The van der Waals surface area contributed by atoms with Crippen LogP contribution in [0, 0.1) is 0 Å². The van der Waals surface area contributed by atoms with Crippen LogP contribution in [0.25, 0.3) is 0 Å². The minimum atomic E-state index is -3.85. The molecule has 8 heteroatoms. The van der Waals surface area contributed by atoms with Gasteiger partial charge in [0.1, 0.15) is 11.5 Å². The molecule has 0 aromatic heterocycles. The molecule has 1 N–H and O–H groups in total. The summed E-state index contributed by atoms with van der Waals surface area (Å²) in [4.78, 5) is 12.5. The molecule has 0 bridgehead atoms. The Bertz CT molecular complexity index is 1180. The molecule has 3 rings (SSSR count). The van der Waals surface area contributed by atoms with Gasteiger partial charge in [-0.05, 0) is 61.4 Å². The number of hydrogen-bond donors (Lipinski definition) is 1. The van der Waals surface area contributed by atoms with Gasteiger partial charge in [-0.15, -0.1) is 0 Å². The van der Waals surface area contributed by atoms with Crippen molar-refractivity contribution in [2.75, 3.05) is 29.9 Å². The molecule has 0 aliphatic carbocycles. The maximum atomic E-state index is 13.3. The van der Waals surface area contributed by atoms with Gasteiger partial charge in [0.15, 0.2) is 6.61 Å². The highest BCUT2D eigenvalue weighted by atomic mass is 32.2. The van der Waals surface area contributed by atoms with Crippen LogP contribution in [-0.2, 0) is 21.2 Å². The molecular weight excluding hydrogens is 440 g/mol. The van der Waals surface area contributed by atoms with Gasteiger partial charge in [-0.3, -0.25) is 9.10 Å². The Morgan fingerprint density at radius 3 is 2.27 bits per heavy atom. The van der Waals surface area contributed by atoms with Crippen molar-refractivity contribution in [1.29, 1.82) is 0 Å². The van der Waals surface area contributed by atoms with Crippen LogP contribution < -0.4 is 19.1 Å². The van der Waals surface area contributed by atoms with Crippen molar-refractivity contribution in [3.63, 3.8) is 0 Å². The van der Waals surface area contributed by atoms with E-state index >= 15 is 0 Å². The van der Waals surface area contributed by atoms with Gasteiger partial charge in [-0.25, -0.2) is 8.42 Å². The largest absolute Gasteiger partial charge is 0.495 e. The molecule has 0 fully saturated rings. The lowest BCUT2D eigenvalue weighted by Gasteiger charge is -2.23. The normalized spacial score (nSPS) is 11.0. The number of carbonyl (C=O) groups excluding carboxylic acids is 1. The number of nitrogens with one attached hydrogen (secondary N) is 1. The molecule has 0 atom stereocenters. The summed E-state index contributed by atoms with van der Waals surface area (Å²) in [5.74, 6) is 0.488. The molecular formula is C25H28N2O5S. The molecule has 174 valence electrons. The molecule has 33 heavy (non-hydrogen) atoms. The van der Waals surface area contributed by atoms with Crippen LogP contribution >= 0.6 is 0 Å². The Morgan fingerprint density at radius 1 is 0.970 bits per heavy atom. The molecule has 0 spiro atoms. The minimum Gasteiger partial charge on any atom is -0.495 e. The minimum absolute atomic E-state index is 0.0420. The summed E-state index contributed by atoms with van der Waals surface area (Å²) in [6.45, 7) is 3.85. The van der Waals surface area contributed by atoms with Crippen molar-refractivity contribution in [1.82, 2.24) is 0 Å². The van der Waals surface area contributed by atoms with E-state index in [0.29, 0.717) is 17.2 Å². The first-order valence-electron chi connectivity index (χ1n) is 10.7. The number of aryl methyl sites for hydroxylation is 1. The number of nitrogens with zero attached hydrogens (tertiary/aromatic N) is 1. The zero-order chi connectivity index (χ0) is 23.8. The smallest absolute Gasteiger partial charge is 0.264 e. The fraction of sp³-hybridized carbons (Fsp3) is 0.240. The summed E-state index contributed by atoms with van der Waals surface area (Å²) in [5, 5.41) is 2.69. The molecule has 7 nitrogen and oxygen atoms in total. The summed E-state index contributed by atoms with van der Waals surface area (Å²) in [7, 11) is -2.40. The molecule has 0 radical (unpaired) electrons. The predicted octanol–water partition coefficient (Wildman–Crippen LogP) is 4.49. The zero-order valence-corrected chi connectivity index (χ0v) is 19.8. The average Bonchev–Trinajstić information content (AvgIpc) is 2.84. The van der Waals surface area contributed by atoms with E-state index in [1.807, 2.05) is 30.3 Å². The van der Waals surface area contributed by atoms with Crippen molar-refractivity contribution in [3.8, 4) is 11.5 Å². The third kappa shape index (κ3) is 5.84. The maximum Gasteiger partial charge on any atom is 0.264 e. The van der Waals surface area contributed by atoms with Gasteiger partial charge in [-0.2, -0.15) is 0 Å². The number of hydrogen-bond acceptors (Lipinski definition) is 5. The van der Waals surface area contributed by atoms with Gasteiger partial charge in [0.05, 0.1) is 23.4 Å². The van der Waals surface area contributed by atoms with Crippen LogP contribution in [0.1, 0.15) is 19.4 Å². The van der Waals surface area contributed by atoms with Crippen LogP contribution in [0.5, 0.6) is 11.5 Å². The summed E-state index contributed by atoms with van der Waals surface area (Å²) in [6.07, 6.45) is 0.916. The molecule has 3 aromatic carbocycles. The number of para-hydroxylation sites is 1. The summed E-state index contributed by atoms with van der Waals surface area (Å²) in [5.41, 5.74) is 1.98. The van der Waals surface area contributed by atoms with Crippen LogP contribution in [0.15, 0.2) is 77.7 Å². The fourth-order valence-electron chi connectivity index (χ4n) is 3.31. The molecule has 0 aliphatic rings. The maximum absolute atomic E-state index is 13.3. The number of sulfonamides is 1. The molecule has 0 aliphatic heterocycles. The Morgan fingerprint density at radius 2 is 1.67 bits per heavy atom. The first-order chi connectivity index (χ1) is 15.9. The van der Waals surface area contributed by atoms with Gasteiger partial charge in [0.25, 0.3) is 15.9 Å². The number of benzene rings is 3. The first-order valence-corrected chi connectivity index (χ1v) is 12.1. The number of ether oxygens (including phenoxy) is 2. The second kappa shape index (κ2) is 10.9. The Kier molecular flexibility index (Phi) is 7.95. The lowest BCUT2D eigenvalue weighted by Crippen LogP contribution is -2.30. The van der Waals surface area contributed by atoms with Crippen LogP contribution in [0.4, 0.5) is 11.4 Å². The number of rotatable bonds is 10. The van der Waals surface area contributed by atoms with E-state index in [1.165, 1.54) is 35.2 Å². The van der Waals surface area contributed by atoms with E-state index in [2.05, 4.69) is 12.2 Å². The Labute approximate surface area is 195 Å². The highest BCUT2D eigenvalue weighted by molar-refractivity contribution is 7.92. The zero-order valence-electron chi connectivity index (χ0n) is 18.9. The number of anilines is 2. The van der Waals surface area contributed by atoms with Gasteiger partial charge in [0.2, 0.25) is 0 Å². The monoisotopic (exact) mass is 468 g/mol. The predicted molar refractivity (Wildman–Crippen MR) is 130 cm³/mol. The van der Waals surface area contributed by atoms with Gasteiger partial charge in [0, 0.05) is 6.54 Å². The Balaban J connectivity index is 1.79.